The highest BCUT2D eigenvalue weighted by atomic mass is 16.5. The minimum atomic E-state index is -0.656. The summed E-state index contributed by atoms with van der Waals surface area (Å²) >= 11 is 0. The number of ether oxygens (including phenoxy) is 1. The molecule has 0 amide bonds. The van der Waals surface area contributed by atoms with Gasteiger partial charge in [0.2, 0.25) is 0 Å². The molecule has 10 atom stereocenters. The van der Waals surface area contributed by atoms with E-state index in [4.69, 9.17) is 4.74 Å². The normalized spacial score (nSPS) is 56.6. The Morgan fingerprint density at radius 2 is 1.76 bits per heavy atom. The first-order valence-electron chi connectivity index (χ1n) is 10.7. The molecule has 0 saturated heterocycles. The molecule has 3 nitrogen and oxygen atoms in total. The summed E-state index contributed by atoms with van der Waals surface area (Å²) in [6.45, 7) is 6.47. The van der Waals surface area contributed by atoms with Crippen molar-refractivity contribution in [3.05, 3.63) is 0 Å². The van der Waals surface area contributed by atoms with Crippen LogP contribution >= 0.6 is 0 Å². The van der Waals surface area contributed by atoms with E-state index in [1.165, 1.54) is 38.5 Å². The summed E-state index contributed by atoms with van der Waals surface area (Å²) in [4.78, 5) is 0. The summed E-state index contributed by atoms with van der Waals surface area (Å²) in [5.74, 6) is 4.37. The van der Waals surface area contributed by atoms with E-state index in [1.54, 1.807) is 7.11 Å². The molecule has 4 fully saturated rings. The summed E-state index contributed by atoms with van der Waals surface area (Å²) in [5, 5.41) is 21.1. The molecule has 4 aliphatic rings. The second-order valence-electron chi connectivity index (χ2n) is 10.4. The van der Waals surface area contributed by atoms with Gasteiger partial charge in [-0.1, -0.05) is 6.92 Å². The minimum Gasteiger partial charge on any atom is -0.393 e. The van der Waals surface area contributed by atoms with Crippen molar-refractivity contribution in [3.8, 4) is 0 Å². The Kier molecular flexibility index (Phi) is 4.53. The number of methoxy groups -OCH3 is 1. The number of aliphatic hydroxyl groups is 2. The van der Waals surface area contributed by atoms with Gasteiger partial charge in [0.15, 0.2) is 0 Å². The van der Waals surface area contributed by atoms with Gasteiger partial charge >= 0.3 is 0 Å². The van der Waals surface area contributed by atoms with Crippen LogP contribution in [0.4, 0.5) is 0 Å². The van der Waals surface area contributed by atoms with E-state index in [-0.39, 0.29) is 12.2 Å². The third kappa shape index (κ3) is 2.72. The van der Waals surface area contributed by atoms with E-state index in [1.807, 2.05) is 13.8 Å². The van der Waals surface area contributed by atoms with Crippen molar-refractivity contribution < 1.29 is 14.9 Å². The number of rotatable bonds is 2. The summed E-state index contributed by atoms with van der Waals surface area (Å²) in [7, 11) is 1.77. The highest BCUT2D eigenvalue weighted by molar-refractivity contribution is 5.08. The van der Waals surface area contributed by atoms with Gasteiger partial charge in [0, 0.05) is 7.11 Å². The van der Waals surface area contributed by atoms with Crippen LogP contribution in [0.25, 0.3) is 0 Å². The summed E-state index contributed by atoms with van der Waals surface area (Å²) in [6, 6.07) is 0. The molecule has 0 aliphatic heterocycles. The molecule has 3 heteroatoms. The van der Waals surface area contributed by atoms with Gasteiger partial charge < -0.3 is 14.9 Å². The molecule has 2 N–H and O–H groups in total. The quantitative estimate of drug-likeness (QED) is 0.791. The lowest BCUT2D eigenvalue weighted by molar-refractivity contribution is -0.165. The van der Waals surface area contributed by atoms with Crippen molar-refractivity contribution in [3.63, 3.8) is 0 Å². The van der Waals surface area contributed by atoms with Crippen LogP contribution in [-0.4, -0.2) is 35.1 Å². The molecule has 0 aromatic carbocycles. The fraction of sp³-hybridized carbons (Fsp3) is 1.00. The predicted molar refractivity (Wildman–Crippen MR) is 99.1 cm³/mol. The van der Waals surface area contributed by atoms with Crippen molar-refractivity contribution in [1.82, 2.24) is 0 Å². The zero-order valence-electron chi connectivity index (χ0n) is 16.6. The van der Waals surface area contributed by atoms with Gasteiger partial charge in [-0.2, -0.15) is 0 Å². The molecule has 0 aromatic heterocycles. The summed E-state index contributed by atoms with van der Waals surface area (Å²) in [5.41, 5.74) is -0.306. The fourth-order valence-electron chi connectivity index (χ4n) is 8.20. The Labute approximate surface area is 153 Å². The lowest BCUT2D eigenvalue weighted by Gasteiger charge is -2.58. The standard InChI is InChI=1S/C22H38O3/c1-13(23)18-7-8-19-16-6-5-14-12-22(3,24)20(25-4)11-17(14)15(16)9-10-21(18,19)2/h13-20,23-24H,5-12H2,1-4H3/t13?,14-,15+,16-,17+,18?,19+,20-,21-,22+/m1/s1. The van der Waals surface area contributed by atoms with E-state index in [9.17, 15) is 10.2 Å². The van der Waals surface area contributed by atoms with Crippen molar-refractivity contribution in [1.29, 1.82) is 0 Å². The maximum absolute atomic E-state index is 10.8. The van der Waals surface area contributed by atoms with Crippen LogP contribution in [0.2, 0.25) is 0 Å². The average Bonchev–Trinajstić information content (AvgIpc) is 2.90. The molecule has 144 valence electrons. The second-order valence-corrected chi connectivity index (χ2v) is 10.4. The zero-order valence-corrected chi connectivity index (χ0v) is 16.6. The molecule has 0 bridgehead atoms. The molecule has 4 saturated carbocycles. The van der Waals surface area contributed by atoms with Gasteiger partial charge in [0.25, 0.3) is 0 Å². The number of fused-ring (bicyclic) bond motifs is 5. The molecule has 2 unspecified atom stereocenters. The van der Waals surface area contributed by atoms with Crippen LogP contribution < -0.4 is 0 Å². The van der Waals surface area contributed by atoms with Crippen molar-refractivity contribution in [2.24, 2.45) is 40.9 Å². The SMILES string of the molecule is CO[C@@H]1C[C@H]2[C@H](CC[C@@H]3[C@@H]2CC[C@]2(C)C(C(C)O)CC[C@@H]32)C[C@]1(C)O. The monoisotopic (exact) mass is 350 g/mol. The first-order valence-corrected chi connectivity index (χ1v) is 10.7. The van der Waals surface area contributed by atoms with Gasteiger partial charge in [0.1, 0.15) is 0 Å². The Hall–Kier alpha value is -0.120. The fourth-order valence-corrected chi connectivity index (χ4v) is 8.20. The van der Waals surface area contributed by atoms with Crippen LogP contribution in [0, 0.1) is 40.9 Å². The predicted octanol–water partition coefficient (Wildman–Crippen LogP) is 4.01. The second kappa shape index (κ2) is 6.21. The van der Waals surface area contributed by atoms with Gasteiger partial charge in [-0.25, -0.2) is 0 Å². The van der Waals surface area contributed by atoms with E-state index in [0.29, 0.717) is 17.3 Å². The Morgan fingerprint density at radius 3 is 2.44 bits per heavy atom. The Balaban J connectivity index is 1.56. The van der Waals surface area contributed by atoms with E-state index >= 15 is 0 Å². The first-order chi connectivity index (χ1) is 11.8. The molecule has 0 aromatic rings. The number of hydrogen-bond acceptors (Lipinski definition) is 3. The third-order valence-electron chi connectivity index (χ3n) is 9.31. The van der Waals surface area contributed by atoms with Crippen LogP contribution in [0.3, 0.4) is 0 Å². The highest BCUT2D eigenvalue weighted by Crippen LogP contribution is 2.65. The molecular formula is C22H38O3. The van der Waals surface area contributed by atoms with Crippen LogP contribution in [0.1, 0.15) is 72.1 Å². The zero-order chi connectivity index (χ0) is 18.0. The van der Waals surface area contributed by atoms with Gasteiger partial charge in [-0.3, -0.25) is 0 Å². The molecule has 0 heterocycles. The maximum Gasteiger partial charge on any atom is 0.0882 e. The van der Waals surface area contributed by atoms with Crippen LogP contribution in [0.15, 0.2) is 0 Å². The lowest BCUT2D eigenvalue weighted by atomic mass is 9.48. The number of aliphatic hydroxyl groups excluding tert-OH is 1. The molecule has 0 radical (unpaired) electrons. The van der Waals surface area contributed by atoms with Crippen molar-refractivity contribution in [2.75, 3.05) is 7.11 Å². The Bertz CT molecular complexity index is 502. The molecule has 4 rings (SSSR count). The summed E-state index contributed by atoms with van der Waals surface area (Å²) in [6.07, 6.45) is 9.54. The maximum atomic E-state index is 10.8. The van der Waals surface area contributed by atoms with E-state index in [0.717, 1.165) is 36.5 Å². The topological polar surface area (TPSA) is 49.7 Å². The van der Waals surface area contributed by atoms with Crippen LogP contribution in [0.5, 0.6) is 0 Å². The van der Waals surface area contributed by atoms with Crippen molar-refractivity contribution in [2.45, 2.75) is 89.9 Å². The Morgan fingerprint density at radius 1 is 1.00 bits per heavy atom. The van der Waals surface area contributed by atoms with Crippen LogP contribution in [-0.2, 0) is 4.74 Å². The lowest BCUT2D eigenvalue weighted by Crippen LogP contribution is -2.55. The van der Waals surface area contributed by atoms with Gasteiger partial charge in [-0.15, -0.1) is 0 Å². The molecule has 0 spiro atoms. The first kappa shape index (κ1) is 18.3. The molecule has 4 aliphatic carbocycles. The van der Waals surface area contributed by atoms with Gasteiger partial charge in [0.05, 0.1) is 17.8 Å². The van der Waals surface area contributed by atoms with E-state index < -0.39 is 5.60 Å². The van der Waals surface area contributed by atoms with Crippen molar-refractivity contribution >= 4 is 0 Å². The largest absolute Gasteiger partial charge is 0.393 e. The van der Waals surface area contributed by atoms with E-state index in [2.05, 4.69) is 6.92 Å². The highest BCUT2D eigenvalue weighted by Gasteiger charge is 2.59. The number of hydrogen-bond donors (Lipinski definition) is 2. The molecular weight excluding hydrogens is 312 g/mol. The average molecular weight is 351 g/mol. The minimum absolute atomic E-state index is 0.00500. The smallest absolute Gasteiger partial charge is 0.0882 e. The third-order valence-corrected chi connectivity index (χ3v) is 9.31. The molecule has 25 heavy (non-hydrogen) atoms. The summed E-state index contributed by atoms with van der Waals surface area (Å²) < 4.78 is 5.71. The van der Waals surface area contributed by atoms with Gasteiger partial charge in [-0.05, 0) is 106 Å².